The molecule has 1 aromatic rings. The predicted molar refractivity (Wildman–Crippen MR) is 209 cm³/mol. The fourth-order valence-corrected chi connectivity index (χ4v) is 9.40. The Labute approximate surface area is 335 Å². The highest BCUT2D eigenvalue weighted by Crippen LogP contribution is 2.46. The summed E-state index contributed by atoms with van der Waals surface area (Å²) in [5, 5.41) is 11.5. The van der Waals surface area contributed by atoms with Gasteiger partial charge in [0.15, 0.2) is 0 Å². The average molecular weight is 792 g/mol. The lowest BCUT2D eigenvalue weighted by Crippen LogP contribution is -2.62. The van der Waals surface area contributed by atoms with Crippen LogP contribution in [0.5, 0.6) is 0 Å². The number of carbonyl (C=O) groups is 7. The molecule has 4 N–H and O–H groups in total. The van der Waals surface area contributed by atoms with E-state index in [2.05, 4.69) is 36.1 Å². The molecular weight excluding hydrogens is 731 g/mol. The van der Waals surface area contributed by atoms with Crippen LogP contribution >= 0.6 is 0 Å². The van der Waals surface area contributed by atoms with Crippen molar-refractivity contribution in [1.29, 1.82) is 0 Å². The third-order valence-electron chi connectivity index (χ3n) is 12.4. The second-order valence-electron chi connectivity index (χ2n) is 18.2. The fraction of sp³-hybridized carbons (Fsp3) is 0.732. The molecule has 5 fully saturated rings. The summed E-state index contributed by atoms with van der Waals surface area (Å²) in [5.74, 6) is -3.91. The molecule has 2 aliphatic carbocycles. The molecule has 312 valence electrons. The van der Waals surface area contributed by atoms with E-state index in [1.54, 1.807) is 4.90 Å². The highest BCUT2D eigenvalue weighted by Gasteiger charge is 2.64. The molecule has 1 aromatic heterocycles. The number of likely N-dealkylation sites (tertiary alicyclic amines) is 1. The number of nitrogens with one attached hydrogen (secondary N) is 4. The number of rotatable bonds is 14. The van der Waals surface area contributed by atoms with Gasteiger partial charge in [0.1, 0.15) is 29.5 Å². The number of aromatic nitrogens is 2. The van der Waals surface area contributed by atoms with Crippen LogP contribution < -0.4 is 21.3 Å². The van der Waals surface area contributed by atoms with Crippen molar-refractivity contribution >= 4 is 41.2 Å². The monoisotopic (exact) mass is 791 g/mol. The molecule has 6 rings (SSSR count). The van der Waals surface area contributed by atoms with E-state index < -0.39 is 70.6 Å². The van der Waals surface area contributed by atoms with Crippen LogP contribution in [0.4, 0.5) is 0 Å². The van der Waals surface area contributed by atoms with Crippen LogP contribution in [0, 0.1) is 17.3 Å². The molecule has 2 unspecified atom stereocenters. The van der Waals surface area contributed by atoms with Crippen molar-refractivity contribution in [2.45, 2.75) is 154 Å². The van der Waals surface area contributed by atoms with Crippen LogP contribution in [-0.4, -0.2) is 127 Å². The molecule has 5 aliphatic rings. The van der Waals surface area contributed by atoms with Gasteiger partial charge in [0.2, 0.25) is 29.4 Å². The van der Waals surface area contributed by atoms with Crippen molar-refractivity contribution in [3.05, 3.63) is 24.3 Å². The van der Waals surface area contributed by atoms with Gasteiger partial charge in [-0.2, -0.15) is 0 Å². The zero-order valence-corrected chi connectivity index (χ0v) is 34.3. The number of amides is 6. The van der Waals surface area contributed by atoms with Gasteiger partial charge in [-0.1, -0.05) is 53.9 Å². The zero-order valence-electron chi connectivity index (χ0n) is 34.3. The number of likely N-dealkylation sites (N-methyl/N-ethyl adjacent to an activating group) is 1. The van der Waals surface area contributed by atoms with Crippen LogP contribution in [0.25, 0.3) is 0 Å². The first-order chi connectivity index (χ1) is 27.0. The van der Waals surface area contributed by atoms with E-state index in [1.807, 2.05) is 41.5 Å². The van der Waals surface area contributed by atoms with Crippen molar-refractivity contribution in [2.24, 2.45) is 17.3 Å². The third kappa shape index (κ3) is 9.00. The van der Waals surface area contributed by atoms with E-state index in [9.17, 15) is 28.8 Å². The van der Waals surface area contributed by atoms with E-state index in [-0.39, 0.29) is 54.9 Å². The summed E-state index contributed by atoms with van der Waals surface area (Å²) in [5.41, 5.74) is -1.77. The standard InChI is InChI=1S/C41H61N9O7/c1-7-49-38(56)29-14-11-19-50(29)41(49)21-30(35(53)45-27(20-24(2)3)32(51)37(55)44-26-15-16-26)48(23-41)39(57)33(40(4,5)6)47-36(54)31(25-12-9-8-10-13-25)46-34(52)28-22-42-17-18-43-28/h17-18,22,24-27,29-31,33H,7-16,19-21,23H2,1-6H3,(H,44,55)(H,45,53)(H,46,52)(H,47,54)/t27?,29-,30-,31-,33+,41?/m0/s1. The summed E-state index contributed by atoms with van der Waals surface area (Å²) in [6.07, 6.45) is 11.8. The number of hydrogen-bond donors (Lipinski definition) is 4. The lowest BCUT2D eigenvalue weighted by Gasteiger charge is -2.40. The van der Waals surface area contributed by atoms with Gasteiger partial charge in [-0.05, 0) is 69.1 Å². The highest BCUT2D eigenvalue weighted by molar-refractivity contribution is 6.38. The maximum atomic E-state index is 15.2. The quantitative estimate of drug-likeness (QED) is 0.201. The Balaban J connectivity index is 1.32. The average Bonchev–Trinajstić information content (AvgIpc) is 3.60. The molecule has 3 aliphatic heterocycles. The van der Waals surface area contributed by atoms with Gasteiger partial charge in [0, 0.05) is 37.9 Å². The molecule has 6 atom stereocenters. The Morgan fingerprint density at radius 2 is 1.65 bits per heavy atom. The molecule has 16 heteroatoms. The Hall–Kier alpha value is -4.47. The normalized spacial score (nSPS) is 25.6. The lowest BCUT2D eigenvalue weighted by atomic mass is 9.82. The second-order valence-corrected chi connectivity index (χ2v) is 18.2. The first-order valence-corrected chi connectivity index (χ1v) is 21.0. The Bertz CT molecular complexity index is 1710. The number of ketones is 1. The molecule has 16 nitrogen and oxygen atoms in total. The summed E-state index contributed by atoms with van der Waals surface area (Å²) >= 11 is 0. The minimum absolute atomic E-state index is 0.0167. The summed E-state index contributed by atoms with van der Waals surface area (Å²) in [7, 11) is 0. The Morgan fingerprint density at radius 1 is 0.930 bits per heavy atom. The van der Waals surface area contributed by atoms with Gasteiger partial charge in [-0.25, -0.2) is 4.98 Å². The van der Waals surface area contributed by atoms with Gasteiger partial charge in [-0.3, -0.25) is 43.4 Å². The summed E-state index contributed by atoms with van der Waals surface area (Å²) in [6, 6.07) is -4.76. The number of hydrogen-bond acceptors (Lipinski definition) is 10. The van der Waals surface area contributed by atoms with E-state index in [1.165, 1.54) is 23.5 Å². The number of nitrogens with zero attached hydrogens (tertiary/aromatic N) is 5. The smallest absolute Gasteiger partial charge is 0.289 e. The van der Waals surface area contributed by atoms with Crippen LogP contribution in [0.3, 0.4) is 0 Å². The SMILES string of the molecule is CCN1C(=O)[C@@H]2CCCN2C12C[C@@H](C(=O)NC(CC(C)C)C(=O)C(=O)NC1CC1)N(C(=O)[C@@H](NC(=O)[C@@H](NC(=O)c1cnccn1)C1CCCCC1)C(C)(C)C)C2. The molecular formula is C41H61N9O7. The topological polar surface area (TPSA) is 203 Å². The van der Waals surface area contributed by atoms with Crippen molar-refractivity contribution in [2.75, 3.05) is 19.6 Å². The molecule has 57 heavy (non-hydrogen) atoms. The van der Waals surface area contributed by atoms with Crippen LogP contribution in [0.15, 0.2) is 18.6 Å². The van der Waals surface area contributed by atoms with Gasteiger partial charge in [0.25, 0.3) is 11.8 Å². The predicted octanol–water partition coefficient (Wildman–Crippen LogP) is 1.69. The van der Waals surface area contributed by atoms with E-state index >= 15 is 4.79 Å². The van der Waals surface area contributed by atoms with E-state index in [4.69, 9.17) is 0 Å². The largest absolute Gasteiger partial charge is 0.347 e. The van der Waals surface area contributed by atoms with Crippen molar-refractivity contribution < 1.29 is 33.6 Å². The summed E-state index contributed by atoms with van der Waals surface area (Å²) < 4.78 is 0. The molecule has 0 aromatic carbocycles. The molecule has 4 heterocycles. The molecule has 1 spiro atoms. The lowest BCUT2D eigenvalue weighted by molar-refractivity contribution is -0.145. The molecule has 0 radical (unpaired) electrons. The Morgan fingerprint density at radius 3 is 2.26 bits per heavy atom. The van der Waals surface area contributed by atoms with Gasteiger partial charge >= 0.3 is 0 Å². The van der Waals surface area contributed by atoms with Gasteiger partial charge in [0.05, 0.1) is 24.8 Å². The maximum Gasteiger partial charge on any atom is 0.289 e. The Kier molecular flexibility index (Phi) is 12.7. The van der Waals surface area contributed by atoms with Crippen LogP contribution in [0.2, 0.25) is 0 Å². The minimum Gasteiger partial charge on any atom is -0.347 e. The minimum atomic E-state index is -1.14. The molecule has 0 bridgehead atoms. The van der Waals surface area contributed by atoms with Crippen molar-refractivity contribution in [3.63, 3.8) is 0 Å². The van der Waals surface area contributed by atoms with Gasteiger partial charge < -0.3 is 31.1 Å². The molecule has 3 saturated heterocycles. The highest BCUT2D eigenvalue weighted by atomic mass is 16.2. The molecule has 2 saturated carbocycles. The van der Waals surface area contributed by atoms with E-state index in [0.29, 0.717) is 19.5 Å². The first-order valence-electron chi connectivity index (χ1n) is 21.0. The first kappa shape index (κ1) is 42.1. The zero-order chi connectivity index (χ0) is 41.2. The fourth-order valence-electron chi connectivity index (χ4n) is 9.40. The van der Waals surface area contributed by atoms with Gasteiger partial charge in [-0.15, -0.1) is 0 Å². The molecule has 6 amide bonds. The second kappa shape index (κ2) is 17.2. The number of fused-ring (bicyclic) bond motifs is 2. The summed E-state index contributed by atoms with van der Waals surface area (Å²) in [6.45, 7) is 12.2. The summed E-state index contributed by atoms with van der Waals surface area (Å²) in [4.78, 5) is 111. The number of Topliss-reactive ketones (excluding diaryl/α,β-unsaturated/α-hetero) is 1. The maximum absolute atomic E-state index is 15.2. The third-order valence-corrected chi connectivity index (χ3v) is 12.4. The van der Waals surface area contributed by atoms with Crippen LogP contribution in [0.1, 0.15) is 123 Å². The van der Waals surface area contributed by atoms with Crippen molar-refractivity contribution in [3.8, 4) is 0 Å². The van der Waals surface area contributed by atoms with Crippen LogP contribution in [-0.2, 0) is 28.8 Å². The van der Waals surface area contributed by atoms with Crippen molar-refractivity contribution in [1.82, 2.24) is 45.9 Å². The van der Waals surface area contributed by atoms with E-state index in [0.717, 1.165) is 51.4 Å². The number of carbonyl (C=O) groups excluding carboxylic acids is 7.